The van der Waals surface area contributed by atoms with E-state index in [1.54, 1.807) is 37.4 Å². The Labute approximate surface area is 187 Å². The molecular weight excluding hydrogens is 472 g/mol. The lowest BCUT2D eigenvalue weighted by Crippen LogP contribution is -2.17. The van der Waals surface area contributed by atoms with Gasteiger partial charge in [0.15, 0.2) is 0 Å². The van der Waals surface area contributed by atoms with Crippen molar-refractivity contribution >= 4 is 39.7 Å². The Morgan fingerprint density at radius 2 is 1.97 bits per heavy atom. The number of hydrazone groups is 1. The van der Waals surface area contributed by atoms with Gasteiger partial charge >= 0.3 is 0 Å². The van der Waals surface area contributed by atoms with E-state index >= 15 is 0 Å². The van der Waals surface area contributed by atoms with E-state index < -0.39 is 5.91 Å². The van der Waals surface area contributed by atoms with Gasteiger partial charge in [-0.05, 0) is 54.1 Å². The Bertz CT molecular complexity index is 1090. The van der Waals surface area contributed by atoms with Gasteiger partial charge in [-0.1, -0.05) is 39.7 Å². The van der Waals surface area contributed by atoms with Crippen LogP contribution in [-0.2, 0) is 6.61 Å². The minimum atomic E-state index is -0.527. The normalized spacial score (nSPS) is 10.8. The van der Waals surface area contributed by atoms with E-state index in [2.05, 4.69) is 26.5 Å². The van der Waals surface area contributed by atoms with Crippen LogP contribution in [0.15, 0.2) is 70.2 Å². The summed E-state index contributed by atoms with van der Waals surface area (Å²) in [6, 6.07) is 17.2. The van der Waals surface area contributed by atoms with Gasteiger partial charge in [0.1, 0.15) is 23.9 Å². The first-order chi connectivity index (χ1) is 14.5. The maximum atomic E-state index is 12.2. The van der Waals surface area contributed by atoms with Gasteiger partial charge in [-0.2, -0.15) is 5.10 Å². The number of para-hydroxylation sites is 1. The Hall–Kier alpha value is -3.03. The van der Waals surface area contributed by atoms with E-state index in [1.807, 2.05) is 18.2 Å². The SMILES string of the molecule is COc1ccc(/C=N/NC(=O)c2cc(Br)ccc2O)cc1COc1ccccc1Cl. The van der Waals surface area contributed by atoms with Crippen LogP contribution < -0.4 is 14.9 Å². The molecule has 0 aromatic heterocycles. The molecule has 0 spiro atoms. The van der Waals surface area contributed by atoms with Crippen molar-refractivity contribution in [1.29, 1.82) is 0 Å². The molecule has 0 fully saturated rings. The van der Waals surface area contributed by atoms with E-state index in [-0.39, 0.29) is 17.9 Å². The summed E-state index contributed by atoms with van der Waals surface area (Å²) in [5.41, 5.74) is 4.03. The minimum absolute atomic E-state index is 0.116. The van der Waals surface area contributed by atoms with Gasteiger partial charge in [-0.3, -0.25) is 4.79 Å². The average molecular weight is 490 g/mol. The molecule has 0 aliphatic carbocycles. The molecule has 8 heteroatoms. The highest BCUT2D eigenvalue weighted by Crippen LogP contribution is 2.26. The molecule has 0 unspecified atom stereocenters. The molecule has 2 N–H and O–H groups in total. The van der Waals surface area contributed by atoms with Crippen molar-refractivity contribution in [3.05, 3.63) is 86.8 Å². The Morgan fingerprint density at radius 3 is 2.73 bits per heavy atom. The zero-order chi connectivity index (χ0) is 21.5. The number of benzene rings is 3. The van der Waals surface area contributed by atoms with Crippen molar-refractivity contribution in [1.82, 2.24) is 5.43 Å². The molecule has 0 heterocycles. The molecule has 0 saturated heterocycles. The van der Waals surface area contributed by atoms with Gasteiger partial charge < -0.3 is 14.6 Å². The molecule has 0 bridgehead atoms. The largest absolute Gasteiger partial charge is 0.507 e. The molecule has 0 radical (unpaired) electrons. The molecule has 0 aliphatic rings. The van der Waals surface area contributed by atoms with Crippen LogP contribution in [0, 0.1) is 0 Å². The number of halogens is 2. The summed E-state index contributed by atoms with van der Waals surface area (Å²) in [5.74, 6) is 0.568. The molecule has 0 atom stereocenters. The second-order valence-corrected chi connectivity index (χ2v) is 7.47. The molecule has 30 heavy (non-hydrogen) atoms. The minimum Gasteiger partial charge on any atom is -0.507 e. The lowest BCUT2D eigenvalue weighted by molar-refractivity contribution is 0.0952. The molecule has 0 saturated carbocycles. The number of amides is 1. The van der Waals surface area contributed by atoms with E-state index in [4.69, 9.17) is 21.1 Å². The van der Waals surface area contributed by atoms with Crippen LogP contribution in [0.1, 0.15) is 21.5 Å². The van der Waals surface area contributed by atoms with Gasteiger partial charge in [0.2, 0.25) is 0 Å². The van der Waals surface area contributed by atoms with Crippen molar-refractivity contribution in [3.8, 4) is 17.2 Å². The van der Waals surface area contributed by atoms with Gasteiger partial charge in [-0.15, -0.1) is 0 Å². The fraction of sp³-hybridized carbons (Fsp3) is 0.0909. The first-order valence-corrected chi connectivity index (χ1v) is 10.0. The number of hydrogen-bond acceptors (Lipinski definition) is 5. The summed E-state index contributed by atoms with van der Waals surface area (Å²) in [5, 5.41) is 14.3. The van der Waals surface area contributed by atoms with Gasteiger partial charge in [0.25, 0.3) is 5.91 Å². The highest BCUT2D eigenvalue weighted by Gasteiger charge is 2.11. The molecule has 3 rings (SSSR count). The van der Waals surface area contributed by atoms with Crippen molar-refractivity contribution in [2.75, 3.05) is 7.11 Å². The van der Waals surface area contributed by atoms with E-state index in [9.17, 15) is 9.90 Å². The molecule has 0 aliphatic heterocycles. The Morgan fingerprint density at radius 1 is 1.17 bits per heavy atom. The van der Waals surface area contributed by atoms with Crippen LogP contribution in [0.3, 0.4) is 0 Å². The molecule has 154 valence electrons. The third-order valence-electron chi connectivity index (χ3n) is 4.11. The maximum Gasteiger partial charge on any atom is 0.275 e. The number of nitrogens with one attached hydrogen (secondary N) is 1. The Kier molecular flexibility index (Phi) is 7.32. The second kappa shape index (κ2) is 10.1. The van der Waals surface area contributed by atoms with Gasteiger partial charge in [0.05, 0.1) is 23.9 Å². The van der Waals surface area contributed by atoms with Crippen LogP contribution in [0.25, 0.3) is 0 Å². The monoisotopic (exact) mass is 488 g/mol. The summed E-state index contributed by atoms with van der Waals surface area (Å²) in [6.07, 6.45) is 1.49. The number of methoxy groups -OCH3 is 1. The first kappa shape index (κ1) is 21.7. The van der Waals surface area contributed by atoms with E-state index in [0.717, 1.165) is 11.1 Å². The van der Waals surface area contributed by atoms with Gasteiger partial charge in [0, 0.05) is 10.0 Å². The highest BCUT2D eigenvalue weighted by atomic mass is 79.9. The summed E-state index contributed by atoms with van der Waals surface area (Å²) in [7, 11) is 1.58. The number of phenolic OH excluding ortho intramolecular Hbond substituents is 1. The fourth-order valence-corrected chi connectivity index (χ4v) is 3.18. The number of rotatable bonds is 7. The standard InChI is InChI=1S/C22H18BrClN2O4/c1-29-20-9-6-14(10-15(20)13-30-21-5-3-2-4-18(21)24)12-25-26-22(28)17-11-16(23)7-8-19(17)27/h2-12,27H,13H2,1H3,(H,26,28)/b25-12+. The summed E-state index contributed by atoms with van der Waals surface area (Å²) < 4.78 is 11.8. The summed E-state index contributed by atoms with van der Waals surface area (Å²) in [4.78, 5) is 12.2. The lowest BCUT2D eigenvalue weighted by Gasteiger charge is -2.12. The zero-order valence-corrected chi connectivity index (χ0v) is 18.3. The van der Waals surface area contributed by atoms with Crippen LogP contribution in [-0.4, -0.2) is 24.3 Å². The number of carbonyl (C=O) groups is 1. The number of aromatic hydroxyl groups is 1. The number of hydrogen-bond donors (Lipinski definition) is 2. The molecular formula is C22H18BrClN2O4. The van der Waals surface area contributed by atoms with Gasteiger partial charge in [-0.25, -0.2) is 5.43 Å². The van der Waals surface area contributed by atoms with Crippen LogP contribution in [0.5, 0.6) is 17.2 Å². The Balaban J connectivity index is 1.70. The summed E-state index contributed by atoms with van der Waals surface area (Å²) in [6.45, 7) is 0.243. The topological polar surface area (TPSA) is 80.2 Å². The molecule has 3 aromatic carbocycles. The average Bonchev–Trinajstić information content (AvgIpc) is 2.75. The quantitative estimate of drug-likeness (QED) is 0.355. The highest BCUT2D eigenvalue weighted by molar-refractivity contribution is 9.10. The molecule has 3 aromatic rings. The van der Waals surface area contributed by atoms with E-state index in [1.165, 1.54) is 18.3 Å². The number of nitrogens with zero attached hydrogens (tertiary/aromatic N) is 1. The third-order valence-corrected chi connectivity index (χ3v) is 4.91. The van der Waals surface area contributed by atoms with Crippen LogP contribution in [0.4, 0.5) is 0 Å². The summed E-state index contributed by atoms with van der Waals surface area (Å²) >= 11 is 9.39. The number of ether oxygens (including phenoxy) is 2. The predicted molar refractivity (Wildman–Crippen MR) is 120 cm³/mol. The van der Waals surface area contributed by atoms with Crippen LogP contribution >= 0.6 is 27.5 Å². The van der Waals surface area contributed by atoms with Crippen molar-refractivity contribution < 1.29 is 19.4 Å². The second-order valence-electron chi connectivity index (χ2n) is 6.15. The number of carbonyl (C=O) groups excluding carboxylic acids is 1. The maximum absolute atomic E-state index is 12.2. The molecule has 1 amide bonds. The first-order valence-electron chi connectivity index (χ1n) is 8.84. The zero-order valence-electron chi connectivity index (χ0n) is 15.9. The molecule has 6 nitrogen and oxygen atoms in total. The smallest absolute Gasteiger partial charge is 0.275 e. The lowest BCUT2D eigenvalue weighted by atomic mass is 10.1. The third kappa shape index (κ3) is 5.52. The van der Waals surface area contributed by atoms with Crippen LogP contribution in [0.2, 0.25) is 5.02 Å². The number of phenols is 1. The van der Waals surface area contributed by atoms with Crippen molar-refractivity contribution in [2.45, 2.75) is 6.61 Å². The van der Waals surface area contributed by atoms with Crippen molar-refractivity contribution in [3.63, 3.8) is 0 Å². The van der Waals surface area contributed by atoms with E-state index in [0.29, 0.717) is 21.0 Å². The predicted octanol–water partition coefficient (Wildman–Crippen LogP) is 5.16. The fourth-order valence-electron chi connectivity index (χ4n) is 2.62. The van der Waals surface area contributed by atoms with Crippen molar-refractivity contribution in [2.24, 2.45) is 5.10 Å².